The number of fused-ring (bicyclic) bond motifs is 1. The molecule has 1 saturated carbocycles. The number of carbonyl (C=O) groups is 1. The Morgan fingerprint density at radius 2 is 2.20 bits per heavy atom. The zero-order chi connectivity index (χ0) is 14.2. The number of benzene rings is 1. The van der Waals surface area contributed by atoms with Gasteiger partial charge in [0.05, 0.1) is 10.5 Å². The van der Waals surface area contributed by atoms with Gasteiger partial charge >= 0.3 is 0 Å². The highest BCUT2D eigenvalue weighted by Crippen LogP contribution is 2.46. The number of thioether (sulfide) groups is 1. The highest BCUT2D eigenvalue weighted by Gasteiger charge is 2.42. The first-order valence-corrected chi connectivity index (χ1v) is 8.12. The summed E-state index contributed by atoms with van der Waals surface area (Å²) in [4.78, 5) is 16.6. The van der Waals surface area contributed by atoms with Gasteiger partial charge in [0.2, 0.25) is 0 Å². The Morgan fingerprint density at radius 3 is 2.90 bits per heavy atom. The monoisotopic (exact) mass is 306 g/mol. The van der Waals surface area contributed by atoms with Crippen LogP contribution in [-0.4, -0.2) is 28.4 Å². The van der Waals surface area contributed by atoms with Gasteiger partial charge in [0, 0.05) is 16.7 Å². The molecular formula is C15H15ClN2OS. The molecule has 1 fully saturated rings. The maximum Gasteiger partial charge on any atom is 0.270 e. The van der Waals surface area contributed by atoms with Crippen molar-refractivity contribution in [2.75, 3.05) is 12.8 Å². The van der Waals surface area contributed by atoms with Crippen LogP contribution in [0.5, 0.6) is 0 Å². The van der Waals surface area contributed by atoms with E-state index < -0.39 is 0 Å². The second kappa shape index (κ2) is 5.26. The second-order valence-corrected chi connectivity index (χ2v) is 6.76. The predicted octanol–water partition coefficient (Wildman–Crippen LogP) is 3.51. The number of rotatable bonds is 4. The lowest BCUT2D eigenvalue weighted by Gasteiger charge is -2.13. The molecule has 1 aliphatic carbocycles. The lowest BCUT2D eigenvalue weighted by Crippen LogP contribution is -2.32. The van der Waals surface area contributed by atoms with E-state index in [2.05, 4.69) is 16.6 Å². The molecule has 0 atom stereocenters. The molecular weight excluding hydrogens is 292 g/mol. The summed E-state index contributed by atoms with van der Waals surface area (Å²) >= 11 is 8.03. The van der Waals surface area contributed by atoms with Crippen molar-refractivity contribution in [2.24, 2.45) is 0 Å². The van der Waals surface area contributed by atoms with Crippen molar-refractivity contribution in [1.29, 1.82) is 0 Å². The Morgan fingerprint density at radius 1 is 1.45 bits per heavy atom. The van der Waals surface area contributed by atoms with Crippen LogP contribution in [0.4, 0.5) is 0 Å². The molecule has 3 nitrogen and oxygen atoms in total. The lowest BCUT2D eigenvalue weighted by molar-refractivity contribution is 0.0948. The zero-order valence-corrected chi connectivity index (χ0v) is 12.7. The van der Waals surface area contributed by atoms with E-state index in [4.69, 9.17) is 11.6 Å². The van der Waals surface area contributed by atoms with E-state index in [1.54, 1.807) is 6.07 Å². The normalized spacial score (nSPS) is 16.1. The Bertz CT molecular complexity index is 670. The van der Waals surface area contributed by atoms with Crippen molar-refractivity contribution in [1.82, 2.24) is 10.3 Å². The molecule has 1 amide bonds. The number of halogens is 1. The summed E-state index contributed by atoms with van der Waals surface area (Å²) in [7, 11) is 0. The molecule has 1 aromatic heterocycles. The molecule has 5 heteroatoms. The van der Waals surface area contributed by atoms with Crippen LogP contribution in [0.2, 0.25) is 5.02 Å². The average Bonchev–Trinajstić information content (AvgIpc) is 3.25. The smallest absolute Gasteiger partial charge is 0.270 e. The van der Waals surface area contributed by atoms with E-state index in [9.17, 15) is 4.79 Å². The molecule has 3 rings (SSSR count). The van der Waals surface area contributed by atoms with Gasteiger partial charge in [-0.1, -0.05) is 29.8 Å². The van der Waals surface area contributed by atoms with Crippen molar-refractivity contribution in [3.05, 3.63) is 41.0 Å². The fourth-order valence-electron chi connectivity index (χ4n) is 2.17. The van der Waals surface area contributed by atoms with Crippen molar-refractivity contribution >= 4 is 40.2 Å². The van der Waals surface area contributed by atoms with Crippen molar-refractivity contribution in [3.63, 3.8) is 0 Å². The minimum atomic E-state index is -0.155. The number of hydrogen-bond donors (Lipinski definition) is 1. The topological polar surface area (TPSA) is 42.0 Å². The van der Waals surface area contributed by atoms with Gasteiger partial charge in [-0.3, -0.25) is 4.79 Å². The Labute approximate surface area is 127 Å². The van der Waals surface area contributed by atoms with E-state index in [1.165, 1.54) is 12.8 Å². The van der Waals surface area contributed by atoms with Crippen molar-refractivity contribution < 1.29 is 4.79 Å². The van der Waals surface area contributed by atoms with Gasteiger partial charge in [0.15, 0.2) is 0 Å². The third kappa shape index (κ3) is 2.63. The zero-order valence-electron chi connectivity index (χ0n) is 11.1. The fraction of sp³-hybridized carbons (Fsp3) is 0.333. The van der Waals surface area contributed by atoms with Gasteiger partial charge in [0.25, 0.3) is 5.91 Å². The highest BCUT2D eigenvalue weighted by atomic mass is 35.5. The summed E-state index contributed by atoms with van der Waals surface area (Å²) in [6.45, 7) is 0.694. The van der Waals surface area contributed by atoms with E-state index >= 15 is 0 Å². The van der Waals surface area contributed by atoms with Gasteiger partial charge in [-0.2, -0.15) is 11.8 Å². The Kier molecular flexibility index (Phi) is 3.61. The maximum atomic E-state index is 12.2. The summed E-state index contributed by atoms with van der Waals surface area (Å²) in [6, 6.07) is 9.20. The van der Waals surface area contributed by atoms with Crippen LogP contribution in [0.25, 0.3) is 10.9 Å². The molecule has 0 spiro atoms. The van der Waals surface area contributed by atoms with Crippen molar-refractivity contribution in [2.45, 2.75) is 17.6 Å². The maximum absolute atomic E-state index is 12.2. The minimum Gasteiger partial charge on any atom is -0.349 e. The minimum absolute atomic E-state index is 0.155. The van der Waals surface area contributed by atoms with E-state index in [0.717, 1.165) is 10.9 Å². The Hall–Kier alpha value is -1.26. The summed E-state index contributed by atoms with van der Waals surface area (Å²) in [6.07, 6.45) is 4.42. The van der Waals surface area contributed by atoms with Crippen LogP contribution in [0, 0.1) is 0 Å². The molecule has 1 heterocycles. The molecule has 1 N–H and O–H groups in total. The molecule has 104 valence electrons. The van der Waals surface area contributed by atoms with Crippen LogP contribution in [0.1, 0.15) is 23.3 Å². The molecule has 2 aromatic rings. The highest BCUT2D eigenvalue weighted by molar-refractivity contribution is 8.00. The number of carbonyl (C=O) groups excluding carboxylic acids is 1. The third-order valence-corrected chi connectivity index (χ3v) is 5.44. The molecule has 0 radical (unpaired) electrons. The van der Waals surface area contributed by atoms with E-state index in [-0.39, 0.29) is 10.7 Å². The molecule has 0 unspecified atom stereocenters. The number of pyridine rings is 1. The van der Waals surface area contributed by atoms with E-state index in [0.29, 0.717) is 17.3 Å². The van der Waals surface area contributed by atoms with Crippen LogP contribution in [-0.2, 0) is 0 Å². The Balaban J connectivity index is 1.81. The van der Waals surface area contributed by atoms with Crippen LogP contribution < -0.4 is 5.32 Å². The molecule has 0 aliphatic heterocycles. The van der Waals surface area contributed by atoms with Gasteiger partial charge in [-0.05, 0) is 31.2 Å². The summed E-state index contributed by atoms with van der Waals surface area (Å²) < 4.78 is 0.246. The first-order valence-electron chi connectivity index (χ1n) is 6.52. The summed E-state index contributed by atoms with van der Waals surface area (Å²) in [5.74, 6) is -0.155. The van der Waals surface area contributed by atoms with Gasteiger partial charge in [-0.25, -0.2) is 4.98 Å². The number of aromatic nitrogens is 1. The van der Waals surface area contributed by atoms with Crippen LogP contribution >= 0.6 is 23.4 Å². The molecule has 0 bridgehead atoms. The first-order chi connectivity index (χ1) is 9.63. The molecule has 20 heavy (non-hydrogen) atoms. The number of nitrogens with one attached hydrogen (secondary N) is 1. The molecule has 1 aromatic carbocycles. The summed E-state index contributed by atoms with van der Waals surface area (Å²) in [5, 5.41) is 4.39. The van der Waals surface area contributed by atoms with Crippen molar-refractivity contribution in [3.8, 4) is 0 Å². The quantitative estimate of drug-likeness (QED) is 0.940. The van der Waals surface area contributed by atoms with Crippen LogP contribution in [0.15, 0.2) is 30.3 Å². The van der Waals surface area contributed by atoms with Crippen LogP contribution in [0.3, 0.4) is 0 Å². The molecule has 0 saturated heterocycles. The van der Waals surface area contributed by atoms with Gasteiger partial charge in [-0.15, -0.1) is 0 Å². The largest absolute Gasteiger partial charge is 0.349 e. The standard InChI is InChI=1S/C15H15ClN2OS/c1-20-15(6-7-15)9-17-14(19)13-8-11(16)10-4-2-3-5-12(10)18-13/h2-5,8H,6-7,9H2,1H3,(H,17,19). The molecule has 1 aliphatic rings. The number of hydrogen-bond acceptors (Lipinski definition) is 3. The number of para-hydroxylation sites is 1. The predicted molar refractivity (Wildman–Crippen MR) is 84.6 cm³/mol. The lowest BCUT2D eigenvalue weighted by atomic mass is 10.2. The second-order valence-electron chi connectivity index (χ2n) is 5.08. The fourth-order valence-corrected chi connectivity index (χ4v) is 3.16. The van der Waals surface area contributed by atoms with Gasteiger partial charge < -0.3 is 5.32 Å². The summed E-state index contributed by atoms with van der Waals surface area (Å²) in [5.41, 5.74) is 1.13. The van der Waals surface area contributed by atoms with E-state index in [1.807, 2.05) is 36.0 Å². The third-order valence-electron chi connectivity index (χ3n) is 3.71. The average molecular weight is 307 g/mol. The first kappa shape index (κ1) is 13.7. The van der Waals surface area contributed by atoms with Gasteiger partial charge in [0.1, 0.15) is 5.69 Å². The SMILES string of the molecule is CSC1(CNC(=O)c2cc(Cl)c3ccccc3n2)CC1. The number of amides is 1. The number of nitrogens with zero attached hydrogens (tertiary/aromatic N) is 1.